The topological polar surface area (TPSA) is 91.5 Å². The van der Waals surface area contributed by atoms with E-state index >= 15 is 0 Å². The number of aromatic carboxylic acids is 1. The molecule has 0 radical (unpaired) electrons. The first-order chi connectivity index (χ1) is 11.4. The van der Waals surface area contributed by atoms with Crippen LogP contribution >= 0.6 is 12.2 Å². The molecule has 0 fully saturated rings. The average molecular weight is 345 g/mol. The summed E-state index contributed by atoms with van der Waals surface area (Å²) in [5.74, 6) is -0.991. The van der Waals surface area contributed by atoms with E-state index in [0.29, 0.717) is 5.69 Å². The minimum Gasteiger partial charge on any atom is -0.478 e. The second-order valence-electron chi connectivity index (χ2n) is 5.11. The summed E-state index contributed by atoms with van der Waals surface area (Å²) in [6, 6.07) is 6.38. The summed E-state index contributed by atoms with van der Waals surface area (Å²) in [7, 11) is 0. The summed E-state index contributed by atoms with van der Waals surface area (Å²) in [6.07, 6.45) is 1.67. The molecule has 7 nitrogen and oxygen atoms in total. The van der Waals surface area contributed by atoms with Crippen molar-refractivity contribution >= 4 is 35.2 Å². The number of nitrogens with zero attached hydrogens (tertiary/aromatic N) is 3. The largest absolute Gasteiger partial charge is 0.478 e. The highest BCUT2D eigenvalue weighted by Crippen LogP contribution is 2.11. The lowest BCUT2D eigenvalue weighted by Gasteiger charge is -2.07. The maximum absolute atomic E-state index is 11.0. The average Bonchev–Trinajstić information content (AvgIpc) is 2.82. The molecule has 1 aromatic heterocycles. The van der Waals surface area contributed by atoms with Crippen molar-refractivity contribution < 1.29 is 9.90 Å². The van der Waals surface area contributed by atoms with Crippen LogP contribution in [0.1, 0.15) is 34.2 Å². The molecule has 8 heteroatoms. The third kappa shape index (κ3) is 4.17. The maximum atomic E-state index is 11.0. The summed E-state index contributed by atoms with van der Waals surface area (Å²) in [5, 5.41) is 20.7. The predicted octanol–water partition coefficient (Wildman–Crippen LogP) is 2.54. The van der Waals surface area contributed by atoms with Crippen LogP contribution in [0.25, 0.3) is 0 Å². The van der Waals surface area contributed by atoms with E-state index < -0.39 is 5.97 Å². The van der Waals surface area contributed by atoms with Crippen molar-refractivity contribution in [2.45, 2.75) is 27.3 Å². The summed E-state index contributed by atoms with van der Waals surface area (Å²) in [5.41, 5.74) is 6.35. The van der Waals surface area contributed by atoms with Crippen molar-refractivity contribution in [1.82, 2.24) is 15.2 Å². The number of anilines is 1. The molecule has 0 aliphatic heterocycles. The second kappa shape index (κ2) is 7.69. The zero-order valence-corrected chi connectivity index (χ0v) is 14.5. The molecule has 24 heavy (non-hydrogen) atoms. The van der Waals surface area contributed by atoms with E-state index in [1.54, 1.807) is 18.3 Å². The van der Waals surface area contributed by atoms with Gasteiger partial charge in [0.05, 0.1) is 17.5 Å². The summed E-state index contributed by atoms with van der Waals surface area (Å²) in [6.45, 7) is 6.74. The second-order valence-corrected chi connectivity index (χ2v) is 5.52. The number of carboxylic acid groups (broad SMARTS) is 1. The number of hydrogen-bond donors (Lipinski definition) is 3. The van der Waals surface area contributed by atoms with Crippen LogP contribution in [-0.4, -0.2) is 32.2 Å². The first kappa shape index (κ1) is 17.6. The minimum atomic E-state index is -0.991. The number of benzene rings is 1. The summed E-state index contributed by atoms with van der Waals surface area (Å²) < 4.78 is 1.91. The highest BCUT2D eigenvalue weighted by atomic mass is 32.1. The molecule has 0 bridgehead atoms. The predicted molar refractivity (Wildman–Crippen MR) is 97.7 cm³/mol. The third-order valence-corrected chi connectivity index (χ3v) is 3.66. The van der Waals surface area contributed by atoms with Crippen LogP contribution in [0.4, 0.5) is 5.69 Å². The van der Waals surface area contributed by atoms with Crippen molar-refractivity contribution in [2.75, 3.05) is 5.32 Å². The lowest BCUT2D eigenvalue weighted by molar-refractivity contribution is 0.0697. The maximum Gasteiger partial charge on any atom is 0.335 e. The zero-order chi connectivity index (χ0) is 17.7. The number of carbonyl (C=O) groups is 1. The van der Waals surface area contributed by atoms with Gasteiger partial charge in [-0.3, -0.25) is 10.1 Å². The molecule has 0 atom stereocenters. The van der Waals surface area contributed by atoms with Crippen molar-refractivity contribution in [1.29, 1.82) is 0 Å². The van der Waals surface area contributed by atoms with Crippen molar-refractivity contribution in [3.05, 3.63) is 46.8 Å². The van der Waals surface area contributed by atoms with Gasteiger partial charge < -0.3 is 10.4 Å². The third-order valence-electron chi connectivity index (χ3n) is 3.46. The van der Waals surface area contributed by atoms with Crippen LogP contribution in [0.5, 0.6) is 0 Å². The fourth-order valence-electron chi connectivity index (χ4n) is 2.25. The molecule has 0 amide bonds. The number of carboxylic acids is 1. The quantitative estimate of drug-likeness (QED) is 0.438. The highest BCUT2D eigenvalue weighted by molar-refractivity contribution is 7.80. The monoisotopic (exact) mass is 345 g/mol. The molecular formula is C16H19N5O2S. The van der Waals surface area contributed by atoms with E-state index in [9.17, 15) is 4.79 Å². The molecule has 0 aliphatic rings. The van der Waals surface area contributed by atoms with E-state index in [1.807, 2.05) is 25.5 Å². The number of hydrazone groups is 1. The molecule has 126 valence electrons. The molecule has 3 N–H and O–H groups in total. The summed E-state index contributed by atoms with van der Waals surface area (Å²) >= 11 is 5.15. The number of thiocarbonyl (C=S) groups is 1. The Morgan fingerprint density at radius 1 is 1.46 bits per heavy atom. The van der Waals surface area contributed by atoms with E-state index in [0.717, 1.165) is 23.5 Å². The van der Waals surface area contributed by atoms with Crippen LogP contribution in [-0.2, 0) is 6.54 Å². The first-order valence-corrected chi connectivity index (χ1v) is 7.80. The molecule has 2 rings (SSSR count). The van der Waals surface area contributed by atoms with Gasteiger partial charge in [-0.2, -0.15) is 10.2 Å². The van der Waals surface area contributed by atoms with E-state index in [4.69, 9.17) is 17.3 Å². The summed E-state index contributed by atoms with van der Waals surface area (Å²) in [4.78, 5) is 11.0. The normalized spacial score (nSPS) is 10.8. The van der Waals surface area contributed by atoms with Crippen LogP contribution < -0.4 is 10.7 Å². The van der Waals surface area contributed by atoms with E-state index in [2.05, 4.69) is 20.9 Å². The molecule has 0 spiro atoms. The zero-order valence-electron chi connectivity index (χ0n) is 13.7. The number of aromatic nitrogens is 2. The van der Waals surface area contributed by atoms with E-state index in [1.165, 1.54) is 12.1 Å². The molecule has 0 aliphatic carbocycles. The fraction of sp³-hybridized carbons (Fsp3) is 0.250. The van der Waals surface area contributed by atoms with Gasteiger partial charge in [-0.15, -0.1) is 0 Å². The van der Waals surface area contributed by atoms with Crippen molar-refractivity contribution in [2.24, 2.45) is 5.10 Å². The van der Waals surface area contributed by atoms with Gasteiger partial charge in [0.1, 0.15) is 0 Å². The Kier molecular flexibility index (Phi) is 5.64. The Labute approximate surface area is 145 Å². The SMILES string of the molecule is CCn1nc(C)c(C=NNC(=S)Nc2cccc(C(=O)O)c2)c1C. The van der Waals surface area contributed by atoms with E-state index in [-0.39, 0.29) is 10.7 Å². The number of hydrogen-bond acceptors (Lipinski definition) is 4. The van der Waals surface area contributed by atoms with Gasteiger partial charge in [-0.1, -0.05) is 6.07 Å². The fourth-order valence-corrected chi connectivity index (χ4v) is 2.42. The lowest BCUT2D eigenvalue weighted by atomic mass is 10.2. The Bertz CT molecular complexity index is 798. The van der Waals surface area contributed by atoms with Gasteiger partial charge in [0.2, 0.25) is 0 Å². The van der Waals surface area contributed by atoms with Gasteiger partial charge in [0.15, 0.2) is 5.11 Å². The van der Waals surface area contributed by atoms with Gasteiger partial charge in [-0.05, 0) is 51.2 Å². The Morgan fingerprint density at radius 2 is 2.21 bits per heavy atom. The highest BCUT2D eigenvalue weighted by Gasteiger charge is 2.08. The molecule has 1 heterocycles. The number of nitrogens with one attached hydrogen (secondary N) is 2. The van der Waals surface area contributed by atoms with Crippen LogP contribution in [0.2, 0.25) is 0 Å². The van der Waals surface area contributed by atoms with Crippen LogP contribution in [0, 0.1) is 13.8 Å². The van der Waals surface area contributed by atoms with Gasteiger partial charge in [0, 0.05) is 23.5 Å². The first-order valence-electron chi connectivity index (χ1n) is 7.39. The van der Waals surface area contributed by atoms with Gasteiger partial charge in [0.25, 0.3) is 0 Å². The van der Waals surface area contributed by atoms with Gasteiger partial charge in [-0.25, -0.2) is 4.79 Å². The Morgan fingerprint density at radius 3 is 2.83 bits per heavy atom. The number of rotatable bonds is 5. The van der Waals surface area contributed by atoms with Crippen molar-refractivity contribution in [3.63, 3.8) is 0 Å². The van der Waals surface area contributed by atoms with Crippen molar-refractivity contribution in [3.8, 4) is 0 Å². The molecule has 0 saturated carbocycles. The molecule has 0 unspecified atom stereocenters. The minimum absolute atomic E-state index is 0.185. The van der Waals surface area contributed by atoms with Crippen LogP contribution in [0.3, 0.4) is 0 Å². The van der Waals surface area contributed by atoms with Crippen LogP contribution in [0.15, 0.2) is 29.4 Å². The van der Waals surface area contributed by atoms with Gasteiger partial charge >= 0.3 is 5.97 Å². The number of aryl methyl sites for hydroxylation is 2. The Hall–Kier alpha value is -2.74. The standard InChI is InChI=1S/C16H19N5O2S/c1-4-21-11(3)14(10(2)20-21)9-17-19-16(24)18-13-7-5-6-12(8-13)15(22)23/h5-9H,4H2,1-3H3,(H,22,23)(H2,18,19,24). The molecule has 0 saturated heterocycles. The molecular weight excluding hydrogens is 326 g/mol. The Balaban J connectivity index is 2.00. The lowest BCUT2D eigenvalue weighted by Crippen LogP contribution is -2.24. The smallest absolute Gasteiger partial charge is 0.335 e. The molecule has 1 aromatic carbocycles. The molecule has 2 aromatic rings.